The number of non-ortho nitro benzene ring substituents is 1. The Hall–Kier alpha value is -4.30. The first kappa shape index (κ1) is 26.3. The summed E-state index contributed by atoms with van der Waals surface area (Å²) in [6.45, 7) is 3.92. The summed E-state index contributed by atoms with van der Waals surface area (Å²) < 4.78 is 38.4. The van der Waals surface area contributed by atoms with Gasteiger partial charge in [0.15, 0.2) is 5.25 Å². The van der Waals surface area contributed by atoms with Crippen molar-refractivity contribution in [2.75, 3.05) is 11.4 Å². The molecule has 2 unspecified atom stereocenters. The Bertz CT molecular complexity index is 1570. The van der Waals surface area contributed by atoms with Crippen molar-refractivity contribution in [1.29, 1.82) is 0 Å². The summed E-state index contributed by atoms with van der Waals surface area (Å²) in [6.07, 6.45) is 2.33. The lowest BCUT2D eigenvalue weighted by molar-refractivity contribution is -0.384. The number of carbonyl (C=O) groups excluding carboxylic acids is 3. The highest BCUT2D eigenvalue weighted by Crippen LogP contribution is 2.55. The Morgan fingerprint density at radius 3 is 2.62 bits per heavy atom. The third kappa shape index (κ3) is 4.12. The number of hydrogen-bond acceptors (Lipinski definition) is 10. The van der Waals surface area contributed by atoms with Crippen LogP contribution in [0.4, 0.5) is 11.4 Å². The minimum Gasteiger partial charge on any atom is -0.463 e. The van der Waals surface area contributed by atoms with Gasteiger partial charge in [-0.1, -0.05) is 18.2 Å². The molecule has 3 aliphatic heterocycles. The second kappa shape index (κ2) is 8.88. The molecule has 204 valence electrons. The average Bonchev–Trinajstić information content (AvgIpc) is 3.25. The van der Waals surface area contributed by atoms with Gasteiger partial charge < -0.3 is 14.5 Å². The second-order valence-electron chi connectivity index (χ2n) is 9.85. The number of para-hydroxylation sites is 1. The van der Waals surface area contributed by atoms with E-state index in [9.17, 15) is 37.5 Å². The Balaban J connectivity index is 1.42. The monoisotopic (exact) mass is 557 g/mol. The molecule has 0 aliphatic carbocycles. The molecule has 2 amide bonds. The summed E-state index contributed by atoms with van der Waals surface area (Å²) in [6, 6.07) is 11.7. The summed E-state index contributed by atoms with van der Waals surface area (Å²) in [5, 5.41) is 9.27. The van der Waals surface area contributed by atoms with Crippen LogP contribution in [0.2, 0.25) is 0 Å². The highest BCUT2D eigenvalue weighted by atomic mass is 32.2. The molecule has 2 aromatic carbocycles. The van der Waals surface area contributed by atoms with Crippen molar-refractivity contribution < 1.29 is 41.9 Å². The second-order valence-corrected chi connectivity index (χ2v) is 11.5. The molecule has 0 aromatic heterocycles. The minimum atomic E-state index is -4.85. The number of anilines is 1. The van der Waals surface area contributed by atoms with Gasteiger partial charge in [-0.05, 0) is 43.7 Å². The average molecular weight is 558 g/mol. The number of carbonyl (C=O) groups is 3. The van der Waals surface area contributed by atoms with E-state index < -0.39 is 55.6 Å². The maximum Gasteiger partial charge on any atom is 0.334 e. The first-order chi connectivity index (χ1) is 18.3. The van der Waals surface area contributed by atoms with Crippen molar-refractivity contribution in [2.24, 2.45) is 0 Å². The van der Waals surface area contributed by atoms with Crippen molar-refractivity contribution in [3.63, 3.8) is 0 Å². The SMILES string of the molecule is CC1(C)c2ccccc2N(CCC(=O)ON2C(=O)CC(S(=O)(=O)O)C2=O)C12C=Cc1cc([N+](=O)[O-])ccc1O2. The fourth-order valence-electron chi connectivity index (χ4n) is 5.25. The quantitative estimate of drug-likeness (QED) is 0.239. The molecule has 0 bridgehead atoms. The zero-order valence-corrected chi connectivity index (χ0v) is 21.6. The molecule has 2 aromatic rings. The fraction of sp³-hybridized carbons (Fsp3) is 0.320. The highest BCUT2D eigenvalue weighted by Gasteiger charge is 2.59. The topological polar surface area (TPSA) is 174 Å². The van der Waals surface area contributed by atoms with Gasteiger partial charge in [0.1, 0.15) is 5.75 Å². The molecule has 0 radical (unpaired) electrons. The number of amides is 2. The van der Waals surface area contributed by atoms with Gasteiger partial charge in [-0.3, -0.25) is 24.3 Å². The van der Waals surface area contributed by atoms with E-state index in [4.69, 9.17) is 9.57 Å². The van der Waals surface area contributed by atoms with Gasteiger partial charge in [0, 0.05) is 29.9 Å². The van der Waals surface area contributed by atoms with Crippen molar-refractivity contribution in [3.05, 3.63) is 69.8 Å². The lowest BCUT2D eigenvalue weighted by atomic mass is 9.76. The van der Waals surface area contributed by atoms with Crippen LogP contribution in [0.5, 0.6) is 5.75 Å². The molecule has 14 heteroatoms. The van der Waals surface area contributed by atoms with Crippen LogP contribution in [0, 0.1) is 10.1 Å². The minimum absolute atomic E-state index is 0.00385. The molecule has 39 heavy (non-hydrogen) atoms. The van der Waals surface area contributed by atoms with Crippen LogP contribution < -0.4 is 9.64 Å². The number of rotatable bonds is 6. The molecule has 5 rings (SSSR count). The number of nitro benzene ring substituents is 1. The van der Waals surface area contributed by atoms with Gasteiger partial charge in [-0.25, -0.2) is 4.79 Å². The third-order valence-electron chi connectivity index (χ3n) is 7.28. The third-order valence-corrected chi connectivity index (χ3v) is 8.36. The van der Waals surface area contributed by atoms with Crippen LogP contribution in [0.25, 0.3) is 6.08 Å². The maximum atomic E-state index is 12.7. The molecule has 13 nitrogen and oxygen atoms in total. The van der Waals surface area contributed by atoms with Crippen LogP contribution >= 0.6 is 0 Å². The molecule has 3 heterocycles. The normalized spacial score (nSPS) is 23.0. The number of fused-ring (bicyclic) bond motifs is 2. The lowest BCUT2D eigenvalue weighted by Crippen LogP contribution is -2.60. The van der Waals surface area contributed by atoms with E-state index in [0.717, 1.165) is 11.3 Å². The van der Waals surface area contributed by atoms with E-state index in [1.807, 2.05) is 43.0 Å². The molecule has 1 fully saturated rings. The van der Waals surface area contributed by atoms with Crippen molar-refractivity contribution in [1.82, 2.24) is 5.06 Å². The molecule has 1 saturated heterocycles. The summed E-state index contributed by atoms with van der Waals surface area (Å²) >= 11 is 0. The van der Waals surface area contributed by atoms with Crippen LogP contribution in [0.15, 0.2) is 48.5 Å². The zero-order valence-electron chi connectivity index (χ0n) is 20.8. The molecule has 0 saturated carbocycles. The first-order valence-electron chi connectivity index (χ1n) is 11.8. The molecule has 3 aliphatic rings. The van der Waals surface area contributed by atoms with Crippen LogP contribution in [0.3, 0.4) is 0 Å². The van der Waals surface area contributed by atoms with E-state index in [1.54, 1.807) is 12.2 Å². The van der Waals surface area contributed by atoms with E-state index in [0.29, 0.717) is 11.3 Å². The fourth-order valence-corrected chi connectivity index (χ4v) is 5.96. The lowest BCUT2D eigenvalue weighted by Gasteiger charge is -2.47. The van der Waals surface area contributed by atoms with E-state index in [1.165, 1.54) is 18.2 Å². The van der Waals surface area contributed by atoms with E-state index in [2.05, 4.69) is 0 Å². The first-order valence-corrected chi connectivity index (χ1v) is 13.3. The summed E-state index contributed by atoms with van der Waals surface area (Å²) in [4.78, 5) is 54.5. The Labute approximate surface area is 222 Å². The van der Waals surface area contributed by atoms with Gasteiger partial charge in [-0.15, -0.1) is 5.06 Å². The van der Waals surface area contributed by atoms with E-state index >= 15 is 0 Å². The molecular weight excluding hydrogens is 534 g/mol. The molecule has 1 N–H and O–H groups in total. The highest BCUT2D eigenvalue weighted by molar-refractivity contribution is 7.87. The van der Waals surface area contributed by atoms with Gasteiger partial charge in [0.2, 0.25) is 5.72 Å². The number of benzene rings is 2. The predicted octanol–water partition coefficient (Wildman–Crippen LogP) is 2.36. The number of nitrogens with zero attached hydrogens (tertiary/aromatic N) is 3. The number of imide groups is 1. The molecule has 1 spiro atoms. The number of nitro groups is 1. The van der Waals surface area contributed by atoms with Gasteiger partial charge >= 0.3 is 5.97 Å². The number of hydroxylamine groups is 2. The van der Waals surface area contributed by atoms with Crippen molar-refractivity contribution in [2.45, 2.75) is 43.1 Å². The number of hydrogen-bond donors (Lipinski definition) is 1. The summed E-state index contributed by atoms with van der Waals surface area (Å²) in [5.41, 5.74) is 0.260. The summed E-state index contributed by atoms with van der Waals surface area (Å²) in [5.74, 6) is -2.99. The van der Waals surface area contributed by atoms with E-state index in [-0.39, 0.29) is 23.7 Å². The molecule has 2 atom stereocenters. The Kier molecular flexibility index (Phi) is 5.99. The predicted molar refractivity (Wildman–Crippen MR) is 135 cm³/mol. The summed E-state index contributed by atoms with van der Waals surface area (Å²) in [7, 11) is -4.85. The largest absolute Gasteiger partial charge is 0.463 e. The molecular formula is C25H23N3O10S. The van der Waals surface area contributed by atoms with Crippen molar-refractivity contribution >= 4 is 45.4 Å². The van der Waals surface area contributed by atoms with Crippen LogP contribution in [-0.2, 0) is 34.8 Å². The number of ether oxygens (including phenoxy) is 1. The van der Waals surface area contributed by atoms with Gasteiger partial charge in [0.25, 0.3) is 27.6 Å². The smallest absolute Gasteiger partial charge is 0.334 e. The van der Waals surface area contributed by atoms with Gasteiger partial charge in [0.05, 0.1) is 23.2 Å². The zero-order chi connectivity index (χ0) is 28.3. The standard InChI is InChI=1S/C25H23N3O10S/c1-24(2)17-5-3-4-6-18(17)26(25(24)11-9-15-13-16(28(32)33)7-8-19(15)37-25)12-10-22(30)38-27-21(29)14-20(23(27)31)39(34,35)36/h3-9,11,13,20H,10,12,14H2,1-2H3,(H,34,35,36). The Morgan fingerprint density at radius 1 is 1.23 bits per heavy atom. The van der Waals surface area contributed by atoms with Gasteiger partial charge in [-0.2, -0.15) is 8.42 Å². The van der Waals surface area contributed by atoms with Crippen LogP contribution in [-0.4, -0.2) is 58.3 Å². The Morgan fingerprint density at radius 2 is 1.95 bits per heavy atom. The maximum absolute atomic E-state index is 12.7. The van der Waals surface area contributed by atoms with Crippen molar-refractivity contribution in [3.8, 4) is 5.75 Å². The van der Waals surface area contributed by atoms with Crippen LogP contribution in [0.1, 0.15) is 37.8 Å².